The molecule has 3 aromatic carbocycles. The van der Waals surface area contributed by atoms with E-state index in [0.29, 0.717) is 12.1 Å². The number of carboxylic acids is 1. The molecule has 35 heavy (non-hydrogen) atoms. The molecular formula is C28H28N2O5. The van der Waals surface area contributed by atoms with Crippen molar-refractivity contribution < 1.29 is 24.2 Å². The van der Waals surface area contributed by atoms with E-state index in [9.17, 15) is 14.4 Å². The molecule has 3 aromatic rings. The molecular weight excluding hydrogens is 444 g/mol. The molecule has 1 atom stereocenters. The summed E-state index contributed by atoms with van der Waals surface area (Å²) in [5.41, 5.74) is 5.06. The standard InChI is InChI=1S/C28H28N2O5/c1-2-25(27(33)30(17-16-26(31)32)19-10-4-3-5-11-19)29-28(34)35-18-24-22-14-8-6-12-20(22)21-13-7-9-15-23(21)24/h3-15,24-25H,2,16-18H2,1H3,(H,29,34)(H,31,32)/t25-/m1/s1. The number of carbonyl (C=O) groups excluding carboxylic acids is 2. The number of hydrogen-bond acceptors (Lipinski definition) is 4. The topological polar surface area (TPSA) is 95.9 Å². The number of carbonyl (C=O) groups is 3. The van der Waals surface area contributed by atoms with E-state index in [0.717, 1.165) is 22.3 Å². The molecule has 7 heteroatoms. The lowest BCUT2D eigenvalue weighted by Crippen LogP contribution is -2.49. The zero-order chi connectivity index (χ0) is 24.8. The molecule has 180 valence electrons. The van der Waals surface area contributed by atoms with Crippen molar-refractivity contribution in [1.82, 2.24) is 5.32 Å². The third kappa shape index (κ3) is 5.35. The highest BCUT2D eigenvalue weighted by Gasteiger charge is 2.30. The Labute approximate surface area is 204 Å². The first-order chi connectivity index (χ1) is 17.0. The number of para-hydroxylation sites is 1. The second-order valence-electron chi connectivity index (χ2n) is 8.40. The van der Waals surface area contributed by atoms with Gasteiger partial charge in [0.15, 0.2) is 0 Å². The molecule has 0 saturated heterocycles. The molecule has 1 aliphatic carbocycles. The lowest BCUT2D eigenvalue weighted by atomic mass is 9.98. The number of rotatable bonds is 9. The number of fused-ring (bicyclic) bond motifs is 3. The van der Waals surface area contributed by atoms with Gasteiger partial charge in [-0.25, -0.2) is 4.79 Å². The number of amides is 2. The maximum Gasteiger partial charge on any atom is 0.407 e. The minimum absolute atomic E-state index is 0.00104. The molecule has 2 N–H and O–H groups in total. The number of nitrogens with zero attached hydrogens (tertiary/aromatic N) is 1. The summed E-state index contributed by atoms with van der Waals surface area (Å²) in [5.74, 6) is -1.47. The third-order valence-corrected chi connectivity index (χ3v) is 6.23. The van der Waals surface area contributed by atoms with Crippen molar-refractivity contribution in [1.29, 1.82) is 0 Å². The van der Waals surface area contributed by atoms with Crippen LogP contribution in [0.2, 0.25) is 0 Å². The van der Waals surface area contributed by atoms with Crippen LogP contribution >= 0.6 is 0 Å². The molecule has 0 fully saturated rings. The Balaban J connectivity index is 1.44. The van der Waals surface area contributed by atoms with Crippen molar-refractivity contribution in [2.45, 2.75) is 31.7 Å². The van der Waals surface area contributed by atoms with Gasteiger partial charge in [-0.1, -0.05) is 73.7 Å². The highest BCUT2D eigenvalue weighted by atomic mass is 16.5. The van der Waals surface area contributed by atoms with Crippen LogP contribution in [0.15, 0.2) is 78.9 Å². The number of carboxylic acid groups (broad SMARTS) is 1. The number of ether oxygens (including phenoxy) is 1. The highest BCUT2D eigenvalue weighted by Crippen LogP contribution is 2.44. The summed E-state index contributed by atoms with van der Waals surface area (Å²) >= 11 is 0. The van der Waals surface area contributed by atoms with E-state index < -0.39 is 18.1 Å². The van der Waals surface area contributed by atoms with Crippen LogP contribution in [0.1, 0.15) is 36.8 Å². The van der Waals surface area contributed by atoms with Gasteiger partial charge in [0.25, 0.3) is 0 Å². The smallest absolute Gasteiger partial charge is 0.407 e. The first-order valence-corrected chi connectivity index (χ1v) is 11.7. The molecule has 0 saturated carbocycles. The maximum absolute atomic E-state index is 13.3. The van der Waals surface area contributed by atoms with E-state index in [4.69, 9.17) is 9.84 Å². The maximum atomic E-state index is 13.3. The minimum atomic E-state index is -1.00. The molecule has 0 bridgehead atoms. The fourth-order valence-electron chi connectivity index (χ4n) is 4.49. The number of hydrogen-bond donors (Lipinski definition) is 2. The molecule has 2 amide bonds. The van der Waals surface area contributed by atoms with Gasteiger partial charge in [0.05, 0.1) is 6.42 Å². The molecule has 7 nitrogen and oxygen atoms in total. The number of anilines is 1. The quantitative estimate of drug-likeness (QED) is 0.466. The second kappa shape index (κ2) is 10.9. The lowest BCUT2D eigenvalue weighted by Gasteiger charge is -2.27. The van der Waals surface area contributed by atoms with Crippen LogP contribution in [0.4, 0.5) is 10.5 Å². The van der Waals surface area contributed by atoms with Crippen molar-refractivity contribution in [3.05, 3.63) is 90.0 Å². The van der Waals surface area contributed by atoms with E-state index in [1.807, 2.05) is 42.5 Å². The van der Waals surface area contributed by atoms with E-state index in [1.54, 1.807) is 31.2 Å². The Hall–Kier alpha value is -4.13. The average molecular weight is 473 g/mol. The summed E-state index contributed by atoms with van der Waals surface area (Å²) in [4.78, 5) is 38.5. The molecule has 0 spiro atoms. The first-order valence-electron chi connectivity index (χ1n) is 11.7. The molecule has 4 rings (SSSR count). The zero-order valence-corrected chi connectivity index (χ0v) is 19.5. The van der Waals surface area contributed by atoms with Gasteiger partial charge in [-0.05, 0) is 40.8 Å². The lowest BCUT2D eigenvalue weighted by molar-refractivity contribution is -0.136. The molecule has 0 radical (unpaired) electrons. The fourth-order valence-corrected chi connectivity index (χ4v) is 4.49. The largest absolute Gasteiger partial charge is 0.481 e. The summed E-state index contributed by atoms with van der Waals surface area (Å²) in [7, 11) is 0. The summed E-state index contributed by atoms with van der Waals surface area (Å²) in [6.07, 6.45) is -0.556. The minimum Gasteiger partial charge on any atom is -0.481 e. The predicted octanol–water partition coefficient (Wildman–Crippen LogP) is 4.81. The van der Waals surface area contributed by atoms with Gasteiger partial charge in [0, 0.05) is 18.2 Å². The number of alkyl carbamates (subject to hydrolysis) is 1. The Morgan fingerprint density at radius 2 is 1.49 bits per heavy atom. The Morgan fingerprint density at radius 1 is 0.914 bits per heavy atom. The molecule has 1 aliphatic rings. The normalized spacial score (nSPS) is 12.8. The van der Waals surface area contributed by atoms with Gasteiger partial charge in [0.2, 0.25) is 5.91 Å². The predicted molar refractivity (Wildman–Crippen MR) is 133 cm³/mol. The number of aliphatic carboxylic acids is 1. The number of benzene rings is 3. The fraction of sp³-hybridized carbons (Fsp3) is 0.250. The summed E-state index contributed by atoms with van der Waals surface area (Å²) in [6.45, 7) is 1.93. The van der Waals surface area contributed by atoms with Crippen LogP contribution < -0.4 is 10.2 Å². The van der Waals surface area contributed by atoms with Crippen molar-refractivity contribution in [3.63, 3.8) is 0 Å². The van der Waals surface area contributed by atoms with Gasteiger partial charge in [-0.15, -0.1) is 0 Å². The van der Waals surface area contributed by atoms with Gasteiger partial charge in [0.1, 0.15) is 12.6 Å². The van der Waals surface area contributed by atoms with Crippen LogP contribution in [0.3, 0.4) is 0 Å². The molecule has 0 heterocycles. The Kier molecular flexibility index (Phi) is 7.45. The average Bonchev–Trinajstić information content (AvgIpc) is 3.20. The number of nitrogens with one attached hydrogen (secondary N) is 1. The van der Waals surface area contributed by atoms with Crippen LogP contribution in [-0.2, 0) is 14.3 Å². The first kappa shape index (κ1) is 24.0. The highest BCUT2D eigenvalue weighted by molar-refractivity contribution is 5.99. The van der Waals surface area contributed by atoms with Gasteiger partial charge in [-0.2, -0.15) is 0 Å². The molecule has 0 unspecified atom stereocenters. The Bertz CT molecular complexity index is 1170. The molecule has 0 aliphatic heterocycles. The summed E-state index contributed by atoms with van der Waals surface area (Å²) < 4.78 is 5.59. The molecule has 0 aromatic heterocycles. The van der Waals surface area contributed by atoms with Crippen LogP contribution in [-0.4, -0.2) is 42.3 Å². The third-order valence-electron chi connectivity index (χ3n) is 6.23. The van der Waals surface area contributed by atoms with Gasteiger partial charge >= 0.3 is 12.1 Å². The zero-order valence-electron chi connectivity index (χ0n) is 19.5. The van der Waals surface area contributed by atoms with Crippen LogP contribution in [0.25, 0.3) is 11.1 Å². The Morgan fingerprint density at radius 3 is 2.06 bits per heavy atom. The van der Waals surface area contributed by atoms with Crippen molar-refractivity contribution in [2.75, 3.05) is 18.1 Å². The van der Waals surface area contributed by atoms with Crippen LogP contribution in [0, 0.1) is 0 Å². The van der Waals surface area contributed by atoms with Crippen molar-refractivity contribution in [3.8, 4) is 11.1 Å². The van der Waals surface area contributed by atoms with E-state index >= 15 is 0 Å². The van der Waals surface area contributed by atoms with Gasteiger partial charge in [-0.3, -0.25) is 9.59 Å². The van der Waals surface area contributed by atoms with E-state index in [-0.39, 0.29) is 31.4 Å². The van der Waals surface area contributed by atoms with Crippen molar-refractivity contribution in [2.24, 2.45) is 0 Å². The van der Waals surface area contributed by atoms with Gasteiger partial charge < -0.3 is 20.1 Å². The van der Waals surface area contributed by atoms with E-state index in [2.05, 4.69) is 17.4 Å². The summed E-state index contributed by atoms with van der Waals surface area (Å²) in [5, 5.41) is 11.8. The monoisotopic (exact) mass is 472 g/mol. The SMILES string of the molecule is CC[C@@H](NC(=O)OCC1c2ccccc2-c2ccccc21)C(=O)N(CCC(=O)O)c1ccccc1. The van der Waals surface area contributed by atoms with Crippen LogP contribution in [0.5, 0.6) is 0 Å². The summed E-state index contributed by atoms with van der Waals surface area (Å²) in [6, 6.07) is 24.1. The second-order valence-corrected chi connectivity index (χ2v) is 8.40. The van der Waals surface area contributed by atoms with E-state index in [1.165, 1.54) is 4.90 Å². The van der Waals surface area contributed by atoms with Crippen molar-refractivity contribution >= 4 is 23.7 Å².